The van der Waals surface area contributed by atoms with Gasteiger partial charge in [-0.25, -0.2) is 9.59 Å². The summed E-state index contributed by atoms with van der Waals surface area (Å²) < 4.78 is 17.2. The van der Waals surface area contributed by atoms with Crippen LogP contribution in [0.3, 0.4) is 0 Å². The van der Waals surface area contributed by atoms with Crippen LogP contribution in [0, 0.1) is 0 Å². The Morgan fingerprint density at radius 1 is 0.980 bits per heavy atom. The van der Waals surface area contributed by atoms with E-state index in [0.29, 0.717) is 41.9 Å². The highest BCUT2D eigenvalue weighted by atomic mass is 32.2. The first-order valence-corrected chi connectivity index (χ1v) is 17.1. The second-order valence-corrected chi connectivity index (χ2v) is 14.0. The minimum absolute atomic E-state index is 0.219. The van der Waals surface area contributed by atoms with Gasteiger partial charge in [0.15, 0.2) is 12.1 Å². The van der Waals surface area contributed by atoms with E-state index in [1.807, 2.05) is 90.3 Å². The fourth-order valence-electron chi connectivity index (χ4n) is 6.25. The molecule has 6 rings (SSSR count). The van der Waals surface area contributed by atoms with E-state index in [9.17, 15) is 19.2 Å². The number of carbonyl (C=O) groups is 4. The zero-order chi connectivity index (χ0) is 34.7. The van der Waals surface area contributed by atoms with Gasteiger partial charge in [0.2, 0.25) is 11.8 Å². The third-order valence-corrected chi connectivity index (χ3v) is 9.65. The number of esters is 1. The molecule has 3 atom stereocenters. The van der Waals surface area contributed by atoms with Gasteiger partial charge in [0.05, 0.1) is 7.11 Å². The van der Waals surface area contributed by atoms with Crippen LogP contribution in [0.2, 0.25) is 0 Å². The molecule has 0 saturated carbocycles. The standard InChI is InChI=1S/C38H39N3O7S/c1-38(2,3)48-37(45)40-30-34(43)41-31(36(44)47-32(24-13-7-5-8-14-24)25-15-9-6-10-16-25)29(22-49-35(30)41)28(27-18-19-39-33(27)42)21-23-12-11-17-26(20-23)46-4/h5-17,20,22,30-32,35H,18-19,21H2,1-4H3,(H,39,42)(H,40,45)/t30-,31-,35-/m1/s1. The molecule has 0 bridgehead atoms. The largest absolute Gasteiger partial charge is 0.497 e. The zero-order valence-electron chi connectivity index (χ0n) is 27.8. The minimum Gasteiger partial charge on any atom is -0.497 e. The Morgan fingerprint density at radius 2 is 1.65 bits per heavy atom. The second-order valence-electron chi connectivity index (χ2n) is 13.0. The number of methoxy groups -OCH3 is 1. The lowest BCUT2D eigenvalue weighted by molar-refractivity contribution is -0.164. The summed E-state index contributed by atoms with van der Waals surface area (Å²) in [5.41, 5.74) is 3.33. The quantitative estimate of drug-likeness (QED) is 0.174. The smallest absolute Gasteiger partial charge is 0.408 e. The molecule has 3 aliphatic heterocycles. The zero-order valence-corrected chi connectivity index (χ0v) is 28.6. The number of fused-ring (bicyclic) bond motifs is 1. The maximum absolute atomic E-state index is 14.6. The summed E-state index contributed by atoms with van der Waals surface area (Å²) in [5, 5.41) is 6.81. The van der Waals surface area contributed by atoms with E-state index in [4.69, 9.17) is 14.2 Å². The number of hydrogen-bond acceptors (Lipinski definition) is 8. The lowest BCUT2D eigenvalue weighted by Crippen LogP contribution is -2.74. The van der Waals surface area contributed by atoms with E-state index < -0.39 is 47.1 Å². The summed E-state index contributed by atoms with van der Waals surface area (Å²) in [6, 6.07) is 24.2. The van der Waals surface area contributed by atoms with Crippen LogP contribution in [0.15, 0.2) is 107 Å². The summed E-state index contributed by atoms with van der Waals surface area (Å²) >= 11 is 1.31. The minimum atomic E-state index is -1.19. The molecule has 2 saturated heterocycles. The number of hydrogen-bond donors (Lipinski definition) is 2. The maximum atomic E-state index is 14.6. The van der Waals surface area contributed by atoms with E-state index in [0.717, 1.165) is 16.7 Å². The molecule has 0 radical (unpaired) electrons. The Labute approximate surface area is 289 Å². The van der Waals surface area contributed by atoms with Crippen molar-refractivity contribution >= 4 is 35.6 Å². The number of benzene rings is 3. The fourth-order valence-corrected chi connectivity index (χ4v) is 7.51. The number of nitrogens with zero attached hydrogens (tertiary/aromatic N) is 1. The second kappa shape index (κ2) is 14.2. The number of thioether (sulfide) groups is 1. The van der Waals surface area contributed by atoms with Gasteiger partial charge in [-0.15, -0.1) is 11.8 Å². The van der Waals surface area contributed by atoms with Gasteiger partial charge in [-0.05, 0) is 79.0 Å². The van der Waals surface area contributed by atoms with Crippen LogP contribution in [0.5, 0.6) is 5.75 Å². The van der Waals surface area contributed by atoms with Gasteiger partial charge in [0.25, 0.3) is 0 Å². The number of rotatable bonds is 9. The van der Waals surface area contributed by atoms with E-state index in [1.54, 1.807) is 27.9 Å². The lowest BCUT2D eigenvalue weighted by atomic mass is 9.86. The van der Waals surface area contributed by atoms with Crippen molar-refractivity contribution < 1.29 is 33.4 Å². The highest BCUT2D eigenvalue weighted by Gasteiger charge is 2.57. The molecule has 254 valence electrons. The van der Waals surface area contributed by atoms with Crippen LogP contribution < -0.4 is 15.4 Å². The predicted molar refractivity (Wildman–Crippen MR) is 185 cm³/mol. The molecule has 0 unspecified atom stereocenters. The summed E-state index contributed by atoms with van der Waals surface area (Å²) in [4.78, 5) is 56.0. The summed E-state index contributed by atoms with van der Waals surface area (Å²) in [6.07, 6.45) is -0.723. The van der Waals surface area contributed by atoms with E-state index in [1.165, 1.54) is 16.7 Å². The molecule has 0 aromatic heterocycles. The monoisotopic (exact) mass is 681 g/mol. The third kappa shape index (κ3) is 7.36. The van der Waals surface area contributed by atoms with Gasteiger partial charge in [-0.1, -0.05) is 72.8 Å². The molecule has 2 N–H and O–H groups in total. The van der Waals surface area contributed by atoms with Crippen molar-refractivity contribution in [3.8, 4) is 5.75 Å². The number of nitrogens with one attached hydrogen (secondary N) is 2. The molecule has 49 heavy (non-hydrogen) atoms. The molecule has 11 heteroatoms. The van der Waals surface area contributed by atoms with Crippen molar-refractivity contribution in [2.45, 2.75) is 62.8 Å². The first-order chi connectivity index (χ1) is 23.5. The van der Waals surface area contributed by atoms with E-state index in [2.05, 4.69) is 10.6 Å². The average molecular weight is 682 g/mol. The summed E-state index contributed by atoms with van der Waals surface area (Å²) in [5.74, 6) is -0.666. The van der Waals surface area contributed by atoms with Crippen molar-refractivity contribution in [2.24, 2.45) is 0 Å². The van der Waals surface area contributed by atoms with Gasteiger partial charge in [0.1, 0.15) is 22.8 Å². The van der Waals surface area contributed by atoms with Gasteiger partial charge < -0.3 is 29.7 Å². The first-order valence-electron chi connectivity index (χ1n) is 16.1. The van der Waals surface area contributed by atoms with Gasteiger partial charge in [-0.2, -0.15) is 0 Å². The van der Waals surface area contributed by atoms with E-state index >= 15 is 0 Å². The molecule has 3 aromatic carbocycles. The molecule has 0 aliphatic carbocycles. The fraction of sp³-hybridized carbons (Fsp3) is 0.316. The number of ether oxygens (including phenoxy) is 3. The van der Waals surface area contributed by atoms with E-state index in [-0.39, 0.29) is 5.91 Å². The van der Waals surface area contributed by atoms with Crippen LogP contribution in [0.25, 0.3) is 0 Å². The van der Waals surface area contributed by atoms with Gasteiger partial charge in [0, 0.05) is 12.1 Å². The van der Waals surface area contributed by atoms with Crippen molar-refractivity contribution in [1.29, 1.82) is 0 Å². The topological polar surface area (TPSA) is 123 Å². The molecule has 3 amide bonds. The van der Waals surface area contributed by atoms with Gasteiger partial charge in [-0.3, -0.25) is 9.59 Å². The van der Waals surface area contributed by atoms with Gasteiger partial charge >= 0.3 is 12.1 Å². The number of alkyl carbamates (subject to hydrolysis) is 1. The van der Waals surface area contributed by atoms with Crippen LogP contribution in [0.1, 0.15) is 50.0 Å². The number of amides is 3. The summed E-state index contributed by atoms with van der Waals surface area (Å²) in [7, 11) is 1.59. The Bertz CT molecular complexity index is 1760. The molecule has 3 aliphatic rings. The average Bonchev–Trinajstić information content (AvgIpc) is 3.53. The Balaban J connectivity index is 1.41. The highest BCUT2D eigenvalue weighted by Crippen LogP contribution is 2.45. The molecule has 3 heterocycles. The number of β-lactam (4-membered cyclic amide) rings is 1. The van der Waals surface area contributed by atoms with Crippen molar-refractivity contribution in [3.63, 3.8) is 0 Å². The third-order valence-electron chi connectivity index (χ3n) is 8.48. The molecular formula is C38H39N3O7S. The van der Waals surface area contributed by atoms with Crippen LogP contribution in [0.4, 0.5) is 4.79 Å². The summed E-state index contributed by atoms with van der Waals surface area (Å²) in [6.45, 7) is 5.68. The van der Waals surface area contributed by atoms with Crippen molar-refractivity contribution in [1.82, 2.24) is 15.5 Å². The molecule has 2 fully saturated rings. The number of carbonyl (C=O) groups excluding carboxylic acids is 4. The SMILES string of the molecule is COc1cccc(CC(C2=CS[C@@H]3[C@H](NC(=O)OC(C)(C)C)C(=O)N3[C@H]2C(=O)OC(c2ccccc2)c2ccccc2)=C2CCNC2=O)c1. The normalized spacial score (nSPS) is 21.2. The Morgan fingerprint density at radius 3 is 2.24 bits per heavy atom. The van der Waals surface area contributed by atoms with Crippen molar-refractivity contribution in [2.75, 3.05) is 13.7 Å². The maximum Gasteiger partial charge on any atom is 0.408 e. The van der Waals surface area contributed by atoms with Crippen molar-refractivity contribution in [3.05, 3.63) is 124 Å². The molecular weight excluding hydrogens is 642 g/mol. The Hall–Kier alpha value is -5.03. The van der Waals surface area contributed by atoms with Crippen LogP contribution >= 0.6 is 11.8 Å². The van der Waals surface area contributed by atoms with Crippen LogP contribution in [-0.2, 0) is 30.3 Å². The molecule has 10 nitrogen and oxygen atoms in total. The highest BCUT2D eigenvalue weighted by molar-refractivity contribution is 8.03. The van der Waals surface area contributed by atoms with Crippen LogP contribution in [-0.4, -0.2) is 65.5 Å². The lowest BCUT2D eigenvalue weighted by Gasteiger charge is -2.52. The molecule has 3 aromatic rings. The molecule has 0 spiro atoms. The first kappa shape index (κ1) is 33.9. The Kier molecular flexibility index (Phi) is 9.82. The predicted octanol–water partition coefficient (Wildman–Crippen LogP) is 5.45.